The van der Waals surface area contributed by atoms with Crippen LogP contribution >= 0.6 is 0 Å². The van der Waals surface area contributed by atoms with Gasteiger partial charge in [-0.05, 0) is 34.1 Å². The molecule has 0 bridgehead atoms. The number of quaternary nitrogens is 1. The Morgan fingerprint density at radius 2 is 1.50 bits per heavy atom. The lowest BCUT2D eigenvalue weighted by atomic mass is 10.3. The first kappa shape index (κ1) is 17.3. The van der Waals surface area contributed by atoms with Crippen molar-refractivity contribution in [3.8, 4) is 6.07 Å². The molecule has 0 aliphatic heterocycles. The van der Waals surface area contributed by atoms with Crippen LogP contribution in [-0.2, 0) is 4.79 Å². The van der Waals surface area contributed by atoms with Gasteiger partial charge in [0.2, 0.25) is 0 Å². The Kier molecular flexibility index (Phi) is 11.3. The highest BCUT2D eigenvalue weighted by molar-refractivity contribution is 5.64. The van der Waals surface area contributed by atoms with Crippen LogP contribution in [0.25, 0.3) is 0 Å². The van der Waals surface area contributed by atoms with Crippen LogP contribution in [0.5, 0.6) is 0 Å². The van der Waals surface area contributed by atoms with Crippen molar-refractivity contribution < 1.29 is 14.4 Å². The first-order valence-electron chi connectivity index (χ1n) is 5.93. The molecule has 0 fully saturated rings. The molecule has 0 amide bonds. The van der Waals surface area contributed by atoms with Crippen molar-refractivity contribution in [3.05, 3.63) is 0 Å². The second-order valence-corrected chi connectivity index (χ2v) is 3.64. The highest BCUT2D eigenvalue weighted by atomic mass is 16.4. The van der Waals surface area contributed by atoms with Gasteiger partial charge >= 0.3 is 0 Å². The van der Waals surface area contributed by atoms with Gasteiger partial charge in [-0.15, -0.1) is 0 Å². The Bertz CT molecular complexity index is 200. The lowest BCUT2D eigenvalue weighted by molar-refractivity contribution is -0.921. The molecule has 0 spiro atoms. The number of rotatable bonds is 6. The molecule has 0 unspecified atom stereocenters. The molecule has 0 saturated carbocycles. The smallest absolute Gasteiger partial charge is 0.0757 e. The zero-order chi connectivity index (χ0) is 13.0. The van der Waals surface area contributed by atoms with Gasteiger partial charge in [-0.25, -0.2) is 0 Å². The van der Waals surface area contributed by atoms with Crippen molar-refractivity contribution in [3.63, 3.8) is 0 Å². The van der Waals surface area contributed by atoms with E-state index < -0.39 is 5.97 Å². The summed E-state index contributed by atoms with van der Waals surface area (Å²) >= 11 is 0. The molecular formula is C12H24N2O2. The number of carbonyl (C=O) groups is 1. The molecule has 0 aliphatic rings. The van der Waals surface area contributed by atoms with Gasteiger partial charge in [0.1, 0.15) is 0 Å². The normalized spacial score (nSPS) is 9.94. The third kappa shape index (κ3) is 8.25. The standard InChI is InChI=1S/C8H20N.C4H5NO2/c1-5-9(6-2,7-3)8-4;5-3-1-2-4(6)7/h5-8H2,1-4H3;1-2H2,(H,6,7)/q+1;/p-1. The topological polar surface area (TPSA) is 63.9 Å². The summed E-state index contributed by atoms with van der Waals surface area (Å²) in [7, 11) is 0. The highest BCUT2D eigenvalue weighted by Crippen LogP contribution is 2.03. The average Bonchev–Trinajstić information content (AvgIpc) is 2.31. The fourth-order valence-electron chi connectivity index (χ4n) is 1.50. The number of nitrogens with zero attached hydrogens (tertiary/aromatic N) is 2. The van der Waals surface area contributed by atoms with E-state index in [1.165, 1.54) is 30.7 Å². The van der Waals surface area contributed by atoms with E-state index in [4.69, 9.17) is 5.26 Å². The molecule has 0 aliphatic carbocycles. The quantitative estimate of drug-likeness (QED) is 0.635. The Morgan fingerprint density at radius 3 is 1.56 bits per heavy atom. The lowest BCUT2D eigenvalue weighted by Gasteiger charge is -2.34. The van der Waals surface area contributed by atoms with Crippen LogP contribution in [0.15, 0.2) is 0 Å². The number of aliphatic carboxylic acids is 1. The fraction of sp³-hybridized carbons (Fsp3) is 0.833. The fourth-order valence-corrected chi connectivity index (χ4v) is 1.50. The Balaban J connectivity index is 0. The van der Waals surface area contributed by atoms with E-state index in [1.54, 1.807) is 6.07 Å². The maximum Gasteiger partial charge on any atom is 0.0757 e. The Hall–Kier alpha value is -1.08. The summed E-state index contributed by atoms with van der Waals surface area (Å²) in [5, 5.41) is 17.3. The molecule has 94 valence electrons. The number of carboxylic acid groups (broad SMARTS) is 1. The molecule has 0 rings (SSSR count). The summed E-state index contributed by atoms with van der Waals surface area (Å²) in [6.07, 6.45) is -0.112. The van der Waals surface area contributed by atoms with Crippen LogP contribution in [0.4, 0.5) is 0 Å². The van der Waals surface area contributed by atoms with Crippen molar-refractivity contribution in [2.24, 2.45) is 0 Å². The largest absolute Gasteiger partial charge is 0.550 e. The van der Waals surface area contributed by atoms with Crippen molar-refractivity contribution >= 4 is 5.97 Å². The monoisotopic (exact) mass is 228 g/mol. The first-order chi connectivity index (χ1) is 7.51. The molecule has 4 heteroatoms. The first-order valence-corrected chi connectivity index (χ1v) is 5.93. The summed E-state index contributed by atoms with van der Waals surface area (Å²) in [6.45, 7) is 14.2. The number of hydrogen-bond acceptors (Lipinski definition) is 3. The van der Waals surface area contributed by atoms with Crippen molar-refractivity contribution in [2.75, 3.05) is 26.2 Å². The summed E-state index contributed by atoms with van der Waals surface area (Å²) in [6, 6.07) is 1.68. The molecular weight excluding hydrogens is 204 g/mol. The van der Waals surface area contributed by atoms with E-state index in [0.717, 1.165) is 0 Å². The van der Waals surface area contributed by atoms with Crippen LogP contribution in [0.1, 0.15) is 40.5 Å². The summed E-state index contributed by atoms with van der Waals surface area (Å²) in [5.41, 5.74) is 0. The number of carbonyl (C=O) groups excluding carboxylic acids is 1. The van der Waals surface area contributed by atoms with Crippen LogP contribution in [0, 0.1) is 11.3 Å². The van der Waals surface area contributed by atoms with Crippen molar-refractivity contribution in [1.82, 2.24) is 0 Å². The predicted octanol–water partition coefficient (Wildman–Crippen LogP) is 0.923. The second kappa shape index (κ2) is 10.4. The maximum absolute atomic E-state index is 9.50. The molecule has 0 aromatic rings. The van der Waals surface area contributed by atoms with Crippen molar-refractivity contribution in [1.29, 1.82) is 5.26 Å². The van der Waals surface area contributed by atoms with Gasteiger partial charge in [0.05, 0.1) is 32.2 Å². The molecule has 0 atom stereocenters. The van der Waals surface area contributed by atoms with Gasteiger partial charge in [-0.3, -0.25) is 0 Å². The minimum atomic E-state index is -1.17. The minimum absolute atomic E-state index is 0.0440. The number of carboxylic acids is 1. The van der Waals surface area contributed by atoms with Crippen LogP contribution in [-0.4, -0.2) is 36.6 Å². The zero-order valence-electron chi connectivity index (χ0n) is 11.0. The van der Waals surface area contributed by atoms with E-state index >= 15 is 0 Å². The Morgan fingerprint density at radius 1 is 1.12 bits per heavy atom. The van der Waals surface area contributed by atoms with Crippen LogP contribution in [0.3, 0.4) is 0 Å². The average molecular weight is 228 g/mol. The third-order valence-electron chi connectivity index (χ3n) is 3.12. The summed E-state index contributed by atoms with van der Waals surface area (Å²) < 4.78 is 1.28. The predicted molar refractivity (Wildman–Crippen MR) is 62.3 cm³/mol. The second-order valence-electron chi connectivity index (χ2n) is 3.64. The lowest BCUT2D eigenvalue weighted by Crippen LogP contribution is -2.47. The number of nitriles is 1. The number of hydrogen-bond donors (Lipinski definition) is 0. The molecule has 0 heterocycles. The summed E-state index contributed by atoms with van der Waals surface area (Å²) in [5.74, 6) is -1.17. The van der Waals surface area contributed by atoms with Gasteiger partial charge in [-0.1, -0.05) is 0 Å². The highest BCUT2D eigenvalue weighted by Gasteiger charge is 2.16. The van der Waals surface area contributed by atoms with Gasteiger partial charge in [-0.2, -0.15) is 5.26 Å². The van der Waals surface area contributed by atoms with E-state index in [-0.39, 0.29) is 12.8 Å². The van der Waals surface area contributed by atoms with Gasteiger partial charge < -0.3 is 14.4 Å². The molecule has 0 aromatic heterocycles. The van der Waals surface area contributed by atoms with E-state index in [1.807, 2.05) is 0 Å². The van der Waals surface area contributed by atoms with Gasteiger partial charge in [0, 0.05) is 12.4 Å². The summed E-state index contributed by atoms with van der Waals surface area (Å²) in [4.78, 5) is 9.50. The SMILES string of the molecule is CC[N+](CC)(CC)CC.N#CCCC(=O)[O-]. The van der Waals surface area contributed by atoms with Gasteiger partial charge in [0.25, 0.3) is 0 Å². The molecule has 16 heavy (non-hydrogen) atoms. The maximum atomic E-state index is 9.50. The third-order valence-corrected chi connectivity index (χ3v) is 3.12. The molecule has 0 radical (unpaired) electrons. The van der Waals surface area contributed by atoms with E-state index in [9.17, 15) is 9.90 Å². The molecule has 0 aromatic carbocycles. The van der Waals surface area contributed by atoms with Crippen LogP contribution < -0.4 is 5.11 Å². The van der Waals surface area contributed by atoms with E-state index in [2.05, 4.69) is 27.7 Å². The van der Waals surface area contributed by atoms with Crippen LogP contribution in [0.2, 0.25) is 0 Å². The molecule has 0 saturated heterocycles. The zero-order valence-corrected chi connectivity index (χ0v) is 11.0. The van der Waals surface area contributed by atoms with Crippen molar-refractivity contribution in [2.45, 2.75) is 40.5 Å². The van der Waals surface area contributed by atoms with E-state index in [0.29, 0.717) is 0 Å². The van der Waals surface area contributed by atoms with Gasteiger partial charge in [0.15, 0.2) is 0 Å². The Labute approximate surface area is 99.1 Å². The molecule has 0 N–H and O–H groups in total. The molecule has 4 nitrogen and oxygen atoms in total. The minimum Gasteiger partial charge on any atom is -0.550 e.